The topological polar surface area (TPSA) is 12.0 Å². The predicted molar refractivity (Wildman–Crippen MR) is 62.2 cm³/mol. The molecule has 0 aromatic heterocycles. The highest BCUT2D eigenvalue weighted by Crippen LogP contribution is 2.08. The molecule has 1 N–H and O–H groups in total. The molecule has 0 radical (unpaired) electrons. The molecule has 0 bridgehead atoms. The Morgan fingerprint density at radius 1 is 1.20 bits per heavy atom. The van der Waals surface area contributed by atoms with Crippen LogP contribution in [0.5, 0.6) is 0 Å². The van der Waals surface area contributed by atoms with Crippen molar-refractivity contribution in [1.29, 1.82) is 0 Å². The molecule has 0 heterocycles. The summed E-state index contributed by atoms with van der Waals surface area (Å²) < 4.78 is 13.2. The Balaban J connectivity index is 2.34. The third-order valence-corrected chi connectivity index (χ3v) is 2.86. The van der Waals surface area contributed by atoms with E-state index in [4.69, 9.17) is 0 Å². The summed E-state index contributed by atoms with van der Waals surface area (Å²) in [6.07, 6.45) is 2.36. The maximum atomic E-state index is 13.2. The van der Waals surface area contributed by atoms with Crippen molar-refractivity contribution < 1.29 is 4.39 Å². The molecular weight excluding hydrogens is 189 g/mol. The third-order valence-electron chi connectivity index (χ3n) is 2.86. The summed E-state index contributed by atoms with van der Waals surface area (Å²) in [6.45, 7) is 5.99. The van der Waals surface area contributed by atoms with Gasteiger partial charge in [0.1, 0.15) is 5.82 Å². The van der Waals surface area contributed by atoms with Crippen LogP contribution in [0.15, 0.2) is 24.3 Å². The fraction of sp³-hybridized carbons (Fsp3) is 0.538. The Morgan fingerprint density at radius 3 is 2.47 bits per heavy atom. The van der Waals surface area contributed by atoms with Gasteiger partial charge in [0.15, 0.2) is 0 Å². The van der Waals surface area contributed by atoms with Crippen molar-refractivity contribution in [2.45, 2.75) is 33.2 Å². The second kappa shape index (κ2) is 6.57. The molecule has 0 aliphatic carbocycles. The summed E-state index contributed by atoms with van der Waals surface area (Å²) in [7, 11) is 0. The molecule has 1 aromatic rings. The summed E-state index contributed by atoms with van der Waals surface area (Å²) in [4.78, 5) is 0. The van der Waals surface area contributed by atoms with Crippen LogP contribution in [0.3, 0.4) is 0 Å². The minimum Gasteiger partial charge on any atom is -0.312 e. The molecular formula is C13H20FN. The fourth-order valence-electron chi connectivity index (χ4n) is 1.63. The van der Waals surface area contributed by atoms with E-state index in [1.165, 1.54) is 18.9 Å². The smallest absolute Gasteiger partial charge is 0.127 e. The van der Waals surface area contributed by atoms with Crippen molar-refractivity contribution in [1.82, 2.24) is 5.32 Å². The molecule has 1 aromatic carbocycles. The van der Waals surface area contributed by atoms with E-state index in [9.17, 15) is 4.39 Å². The lowest BCUT2D eigenvalue weighted by Gasteiger charge is -2.13. The Hall–Kier alpha value is -0.890. The van der Waals surface area contributed by atoms with Crippen LogP contribution in [0.4, 0.5) is 4.39 Å². The molecule has 15 heavy (non-hydrogen) atoms. The van der Waals surface area contributed by atoms with Crippen LogP contribution >= 0.6 is 0 Å². The van der Waals surface area contributed by atoms with Gasteiger partial charge in [-0.1, -0.05) is 44.9 Å². The highest BCUT2D eigenvalue weighted by molar-refractivity contribution is 5.16. The largest absolute Gasteiger partial charge is 0.312 e. The van der Waals surface area contributed by atoms with Crippen molar-refractivity contribution in [3.8, 4) is 0 Å². The Morgan fingerprint density at radius 2 is 1.87 bits per heavy atom. The second-order valence-corrected chi connectivity index (χ2v) is 3.90. The van der Waals surface area contributed by atoms with E-state index in [1.54, 1.807) is 6.07 Å². The molecule has 0 aliphatic rings. The van der Waals surface area contributed by atoms with Crippen LogP contribution in [0.1, 0.15) is 32.3 Å². The molecule has 0 aliphatic heterocycles. The maximum Gasteiger partial charge on any atom is 0.127 e. The van der Waals surface area contributed by atoms with Crippen LogP contribution in [0.2, 0.25) is 0 Å². The third kappa shape index (κ3) is 4.00. The van der Waals surface area contributed by atoms with Gasteiger partial charge in [0, 0.05) is 12.1 Å². The number of rotatable bonds is 6. The first-order chi connectivity index (χ1) is 7.27. The molecule has 0 fully saturated rings. The molecule has 1 rings (SSSR count). The Kier molecular flexibility index (Phi) is 5.33. The quantitative estimate of drug-likeness (QED) is 0.757. The SMILES string of the molecule is CCC(CC)CNCc1ccccc1F. The summed E-state index contributed by atoms with van der Waals surface area (Å²) >= 11 is 0. The normalized spacial score (nSPS) is 10.9. The molecule has 0 saturated carbocycles. The number of hydrogen-bond donors (Lipinski definition) is 1. The van der Waals surface area contributed by atoms with Crippen LogP contribution < -0.4 is 5.32 Å². The lowest BCUT2D eigenvalue weighted by atomic mass is 10.0. The fourth-order valence-corrected chi connectivity index (χ4v) is 1.63. The zero-order valence-electron chi connectivity index (χ0n) is 9.59. The van der Waals surface area contributed by atoms with Gasteiger partial charge < -0.3 is 5.32 Å². The van der Waals surface area contributed by atoms with E-state index in [-0.39, 0.29) is 5.82 Å². The highest BCUT2D eigenvalue weighted by Gasteiger charge is 2.04. The van der Waals surface area contributed by atoms with E-state index < -0.39 is 0 Å². The van der Waals surface area contributed by atoms with E-state index in [1.807, 2.05) is 12.1 Å². The summed E-state index contributed by atoms with van der Waals surface area (Å²) in [6, 6.07) is 6.93. The number of halogens is 1. The zero-order chi connectivity index (χ0) is 11.1. The van der Waals surface area contributed by atoms with Crippen LogP contribution in [-0.4, -0.2) is 6.54 Å². The monoisotopic (exact) mass is 209 g/mol. The van der Waals surface area contributed by atoms with Crippen molar-refractivity contribution >= 4 is 0 Å². The first-order valence-corrected chi connectivity index (χ1v) is 5.72. The van der Waals surface area contributed by atoms with Crippen molar-refractivity contribution in [3.05, 3.63) is 35.6 Å². The minimum atomic E-state index is -0.116. The van der Waals surface area contributed by atoms with Gasteiger partial charge >= 0.3 is 0 Å². The highest BCUT2D eigenvalue weighted by atomic mass is 19.1. The minimum absolute atomic E-state index is 0.116. The molecule has 0 saturated heterocycles. The average Bonchev–Trinajstić information content (AvgIpc) is 2.27. The van der Waals surface area contributed by atoms with Crippen LogP contribution in [0, 0.1) is 11.7 Å². The van der Waals surface area contributed by atoms with Crippen molar-refractivity contribution in [3.63, 3.8) is 0 Å². The predicted octanol–water partition coefficient (Wildman–Crippen LogP) is 3.35. The summed E-state index contributed by atoms with van der Waals surface area (Å²) in [5, 5.41) is 3.30. The maximum absolute atomic E-state index is 13.2. The van der Waals surface area contributed by atoms with E-state index in [0.717, 1.165) is 12.1 Å². The lowest BCUT2D eigenvalue weighted by molar-refractivity contribution is 0.446. The summed E-state index contributed by atoms with van der Waals surface area (Å²) in [5.74, 6) is 0.589. The zero-order valence-corrected chi connectivity index (χ0v) is 9.59. The van der Waals surface area contributed by atoms with Gasteiger partial charge in [-0.2, -0.15) is 0 Å². The van der Waals surface area contributed by atoms with Gasteiger partial charge in [0.2, 0.25) is 0 Å². The molecule has 1 nitrogen and oxygen atoms in total. The van der Waals surface area contributed by atoms with E-state index in [2.05, 4.69) is 19.2 Å². The van der Waals surface area contributed by atoms with Crippen molar-refractivity contribution in [2.24, 2.45) is 5.92 Å². The lowest BCUT2D eigenvalue weighted by Crippen LogP contribution is -2.22. The van der Waals surface area contributed by atoms with Crippen molar-refractivity contribution in [2.75, 3.05) is 6.54 Å². The first kappa shape index (κ1) is 12.2. The Bertz CT molecular complexity index is 282. The van der Waals surface area contributed by atoms with Gasteiger partial charge in [-0.3, -0.25) is 0 Å². The number of nitrogens with one attached hydrogen (secondary N) is 1. The van der Waals surface area contributed by atoms with Gasteiger partial charge in [0.05, 0.1) is 0 Å². The van der Waals surface area contributed by atoms with Gasteiger partial charge in [-0.05, 0) is 18.5 Å². The number of hydrogen-bond acceptors (Lipinski definition) is 1. The van der Waals surface area contributed by atoms with Gasteiger partial charge in [-0.15, -0.1) is 0 Å². The Labute approximate surface area is 91.7 Å². The van der Waals surface area contributed by atoms with Crippen LogP contribution in [-0.2, 0) is 6.54 Å². The average molecular weight is 209 g/mol. The standard InChI is InChI=1S/C13H20FN/c1-3-11(4-2)9-15-10-12-7-5-6-8-13(12)14/h5-8,11,15H,3-4,9-10H2,1-2H3. The van der Waals surface area contributed by atoms with Gasteiger partial charge in [0.25, 0.3) is 0 Å². The molecule has 84 valence electrons. The molecule has 2 heteroatoms. The van der Waals surface area contributed by atoms with E-state index >= 15 is 0 Å². The first-order valence-electron chi connectivity index (χ1n) is 5.72. The van der Waals surface area contributed by atoms with Crippen LogP contribution in [0.25, 0.3) is 0 Å². The summed E-state index contributed by atoms with van der Waals surface area (Å²) in [5.41, 5.74) is 0.753. The van der Waals surface area contributed by atoms with E-state index in [0.29, 0.717) is 12.5 Å². The molecule has 0 atom stereocenters. The van der Waals surface area contributed by atoms with Gasteiger partial charge in [-0.25, -0.2) is 4.39 Å². The molecule has 0 spiro atoms. The number of benzene rings is 1. The molecule has 0 unspecified atom stereocenters. The molecule has 0 amide bonds. The second-order valence-electron chi connectivity index (χ2n) is 3.90.